The minimum atomic E-state index is -0.427. The standard InChI is InChI=1S/C27H30N2O/c1-4-9-20-10-6-7-11-21(20)12-8-15-28-27-18-19(3)16-22(23(27)5-2)17-25-24(27)13-14-26(30)29-25/h5-8,10-16,22H,4,9,17-18H2,1-3H3,(H,29,30). The van der Waals surface area contributed by atoms with Crippen molar-refractivity contribution in [1.82, 2.24) is 4.98 Å². The average molecular weight is 399 g/mol. The van der Waals surface area contributed by atoms with Gasteiger partial charge in [0.25, 0.3) is 0 Å². The maximum atomic E-state index is 11.9. The molecule has 2 atom stereocenters. The number of aromatic amines is 1. The summed E-state index contributed by atoms with van der Waals surface area (Å²) in [6.07, 6.45) is 14.6. The maximum absolute atomic E-state index is 11.9. The van der Waals surface area contributed by atoms with Crippen LogP contribution in [-0.4, -0.2) is 11.2 Å². The van der Waals surface area contributed by atoms with Gasteiger partial charge >= 0.3 is 0 Å². The van der Waals surface area contributed by atoms with E-state index in [4.69, 9.17) is 4.99 Å². The first kappa shape index (κ1) is 20.3. The van der Waals surface area contributed by atoms with Crippen LogP contribution in [0.4, 0.5) is 0 Å². The topological polar surface area (TPSA) is 45.2 Å². The molecule has 2 aliphatic carbocycles. The van der Waals surface area contributed by atoms with Gasteiger partial charge in [-0.15, -0.1) is 0 Å². The molecular weight excluding hydrogens is 368 g/mol. The Morgan fingerprint density at radius 3 is 2.87 bits per heavy atom. The van der Waals surface area contributed by atoms with E-state index < -0.39 is 5.54 Å². The minimum absolute atomic E-state index is 0.0389. The van der Waals surface area contributed by atoms with Crippen LogP contribution >= 0.6 is 0 Å². The lowest BCUT2D eigenvalue weighted by Crippen LogP contribution is -2.40. The Balaban J connectivity index is 1.74. The number of nitrogens with one attached hydrogen (secondary N) is 1. The van der Waals surface area contributed by atoms with Crippen LogP contribution in [0.5, 0.6) is 0 Å². The lowest BCUT2D eigenvalue weighted by atomic mass is 9.63. The molecule has 0 aliphatic heterocycles. The summed E-state index contributed by atoms with van der Waals surface area (Å²) >= 11 is 0. The molecule has 2 aliphatic rings. The fraction of sp³-hybridized carbons (Fsp3) is 0.333. The third kappa shape index (κ3) is 3.65. The number of pyridine rings is 1. The van der Waals surface area contributed by atoms with Crippen molar-refractivity contribution in [1.29, 1.82) is 0 Å². The van der Waals surface area contributed by atoms with E-state index in [0.29, 0.717) is 5.92 Å². The van der Waals surface area contributed by atoms with E-state index in [2.05, 4.69) is 74.3 Å². The van der Waals surface area contributed by atoms with E-state index in [0.717, 1.165) is 36.9 Å². The summed E-state index contributed by atoms with van der Waals surface area (Å²) in [6.45, 7) is 6.51. The first-order valence-corrected chi connectivity index (χ1v) is 10.9. The molecule has 1 aromatic carbocycles. The molecule has 3 nitrogen and oxygen atoms in total. The largest absolute Gasteiger partial charge is 0.326 e. The molecule has 4 rings (SSSR count). The summed E-state index contributed by atoms with van der Waals surface area (Å²) in [5.41, 5.74) is 7.01. The van der Waals surface area contributed by atoms with Gasteiger partial charge in [-0.05, 0) is 55.5 Å². The number of aliphatic imine (C=N–C) groups is 1. The van der Waals surface area contributed by atoms with Crippen molar-refractivity contribution in [3.8, 4) is 0 Å². The Morgan fingerprint density at radius 1 is 1.23 bits per heavy atom. The van der Waals surface area contributed by atoms with Crippen LogP contribution in [0.1, 0.15) is 56.0 Å². The molecule has 30 heavy (non-hydrogen) atoms. The molecule has 2 aromatic rings. The van der Waals surface area contributed by atoms with Crippen LogP contribution in [0.2, 0.25) is 0 Å². The van der Waals surface area contributed by atoms with Gasteiger partial charge in [-0.1, -0.05) is 61.4 Å². The quantitative estimate of drug-likeness (QED) is 0.504. The molecule has 1 N–H and O–H groups in total. The predicted molar refractivity (Wildman–Crippen MR) is 126 cm³/mol. The van der Waals surface area contributed by atoms with E-state index >= 15 is 0 Å². The average Bonchev–Trinajstić information content (AvgIpc) is 2.72. The number of benzene rings is 1. The second kappa shape index (κ2) is 8.43. The van der Waals surface area contributed by atoms with Crippen molar-refractivity contribution in [2.75, 3.05) is 0 Å². The molecule has 1 heterocycles. The predicted octanol–water partition coefficient (Wildman–Crippen LogP) is 5.78. The molecule has 3 heteroatoms. The second-order valence-corrected chi connectivity index (χ2v) is 8.41. The number of fused-ring (bicyclic) bond motifs is 4. The number of aromatic nitrogens is 1. The Morgan fingerprint density at radius 2 is 2.07 bits per heavy atom. The van der Waals surface area contributed by atoms with Crippen molar-refractivity contribution in [2.45, 2.75) is 52.0 Å². The first-order valence-electron chi connectivity index (χ1n) is 10.9. The van der Waals surface area contributed by atoms with Crippen LogP contribution < -0.4 is 5.56 Å². The van der Waals surface area contributed by atoms with Gasteiger partial charge in [0.05, 0.1) is 0 Å². The Kier molecular flexibility index (Phi) is 5.72. The highest BCUT2D eigenvalue weighted by Gasteiger charge is 2.46. The van der Waals surface area contributed by atoms with Crippen molar-refractivity contribution in [3.05, 3.63) is 98.5 Å². The fourth-order valence-corrected chi connectivity index (χ4v) is 5.16. The molecule has 154 valence electrons. The highest BCUT2D eigenvalue weighted by molar-refractivity contribution is 5.80. The van der Waals surface area contributed by atoms with Crippen LogP contribution in [0.25, 0.3) is 6.08 Å². The van der Waals surface area contributed by atoms with Crippen molar-refractivity contribution < 1.29 is 0 Å². The first-order chi connectivity index (χ1) is 14.6. The van der Waals surface area contributed by atoms with Gasteiger partial charge in [-0.3, -0.25) is 9.79 Å². The number of hydrogen-bond donors (Lipinski definition) is 1. The van der Waals surface area contributed by atoms with E-state index in [1.54, 1.807) is 6.07 Å². The molecule has 2 bridgehead atoms. The number of allylic oxidation sites excluding steroid dienone is 3. The molecule has 0 saturated carbocycles. The van der Waals surface area contributed by atoms with Gasteiger partial charge in [-0.2, -0.15) is 0 Å². The molecule has 0 radical (unpaired) electrons. The Bertz CT molecular complexity index is 1120. The third-order valence-corrected chi connectivity index (χ3v) is 6.31. The molecule has 0 fully saturated rings. The van der Waals surface area contributed by atoms with Crippen LogP contribution in [0, 0.1) is 5.92 Å². The monoisotopic (exact) mass is 398 g/mol. The molecule has 0 saturated heterocycles. The van der Waals surface area contributed by atoms with Crippen molar-refractivity contribution >= 4 is 12.3 Å². The number of aryl methyl sites for hydroxylation is 1. The third-order valence-electron chi connectivity index (χ3n) is 6.31. The number of nitrogens with zero attached hydrogens (tertiary/aromatic N) is 1. The van der Waals surface area contributed by atoms with Crippen molar-refractivity contribution in [3.63, 3.8) is 0 Å². The zero-order chi connectivity index (χ0) is 21.1. The summed E-state index contributed by atoms with van der Waals surface area (Å²) in [4.78, 5) is 20.2. The molecular formula is C27H30N2O. The minimum Gasteiger partial charge on any atom is -0.326 e. The van der Waals surface area contributed by atoms with Gasteiger partial charge < -0.3 is 4.98 Å². The smallest absolute Gasteiger partial charge is 0.248 e. The SMILES string of the molecule is CC=C1C2C=C(C)CC1(N=CC=Cc1ccccc1CCC)c1ccc(=O)[nH]c1C2. The second-order valence-electron chi connectivity index (χ2n) is 8.41. The number of hydrogen-bond acceptors (Lipinski definition) is 2. The lowest BCUT2D eigenvalue weighted by Gasteiger charge is -2.45. The zero-order valence-electron chi connectivity index (χ0n) is 18.1. The Labute approximate surface area is 179 Å². The van der Waals surface area contributed by atoms with E-state index in [9.17, 15) is 4.79 Å². The summed E-state index contributed by atoms with van der Waals surface area (Å²) in [6, 6.07) is 12.2. The molecule has 0 spiro atoms. The number of rotatable bonds is 5. The summed E-state index contributed by atoms with van der Waals surface area (Å²) in [5, 5.41) is 0. The van der Waals surface area contributed by atoms with E-state index in [1.165, 1.54) is 22.3 Å². The van der Waals surface area contributed by atoms with Crippen LogP contribution in [0.15, 0.2) is 75.6 Å². The normalized spacial score (nSPS) is 24.4. The summed E-state index contributed by atoms with van der Waals surface area (Å²) < 4.78 is 0. The summed E-state index contributed by atoms with van der Waals surface area (Å²) in [5.74, 6) is 0.292. The summed E-state index contributed by atoms with van der Waals surface area (Å²) in [7, 11) is 0. The van der Waals surface area contributed by atoms with E-state index in [1.807, 2.05) is 12.3 Å². The molecule has 2 unspecified atom stereocenters. The lowest BCUT2D eigenvalue weighted by molar-refractivity contribution is 0.413. The van der Waals surface area contributed by atoms with Gasteiger partial charge in [0, 0.05) is 35.9 Å². The van der Waals surface area contributed by atoms with E-state index in [-0.39, 0.29) is 5.56 Å². The highest BCUT2D eigenvalue weighted by atomic mass is 16.1. The maximum Gasteiger partial charge on any atom is 0.248 e. The van der Waals surface area contributed by atoms with Gasteiger partial charge in [-0.25, -0.2) is 0 Å². The van der Waals surface area contributed by atoms with Gasteiger partial charge in [0.15, 0.2) is 0 Å². The van der Waals surface area contributed by atoms with Gasteiger partial charge in [0.2, 0.25) is 5.56 Å². The zero-order valence-corrected chi connectivity index (χ0v) is 18.1. The Hall–Kier alpha value is -2.94. The van der Waals surface area contributed by atoms with Crippen LogP contribution in [0.3, 0.4) is 0 Å². The van der Waals surface area contributed by atoms with Crippen molar-refractivity contribution in [2.24, 2.45) is 10.9 Å². The highest BCUT2D eigenvalue weighted by Crippen LogP contribution is 2.51. The molecule has 0 amide bonds. The van der Waals surface area contributed by atoms with Gasteiger partial charge in [0.1, 0.15) is 5.54 Å². The fourth-order valence-electron chi connectivity index (χ4n) is 5.16. The molecule has 1 aromatic heterocycles. The number of H-pyrrole nitrogens is 1. The van der Waals surface area contributed by atoms with Crippen LogP contribution in [-0.2, 0) is 18.4 Å².